The smallest absolute Gasteiger partial charge is 0.153 e. The number of sulfone groups is 1. The molecule has 16 heavy (non-hydrogen) atoms. The molecule has 0 saturated carbocycles. The summed E-state index contributed by atoms with van der Waals surface area (Å²) in [4.78, 5) is 11.5. The SMILES string of the molecule is COCCC(N)C(=O)CCS(=O)(=O)C(C)C. The highest BCUT2D eigenvalue weighted by Crippen LogP contribution is 2.04. The van der Waals surface area contributed by atoms with Crippen molar-refractivity contribution < 1.29 is 17.9 Å². The molecule has 0 aliphatic carbocycles. The largest absolute Gasteiger partial charge is 0.385 e. The molecule has 0 rings (SSSR count). The van der Waals surface area contributed by atoms with Crippen LogP contribution < -0.4 is 5.73 Å². The first-order valence-corrected chi connectivity index (χ1v) is 7.01. The van der Waals surface area contributed by atoms with Gasteiger partial charge in [0.15, 0.2) is 15.6 Å². The summed E-state index contributed by atoms with van der Waals surface area (Å²) >= 11 is 0. The summed E-state index contributed by atoms with van der Waals surface area (Å²) in [7, 11) is -1.63. The maximum atomic E-state index is 11.5. The molecule has 0 aliphatic rings. The van der Waals surface area contributed by atoms with Crippen LogP contribution in [0.2, 0.25) is 0 Å². The van der Waals surface area contributed by atoms with E-state index in [4.69, 9.17) is 10.5 Å². The van der Waals surface area contributed by atoms with Gasteiger partial charge in [-0.15, -0.1) is 0 Å². The van der Waals surface area contributed by atoms with Crippen molar-refractivity contribution in [3.8, 4) is 0 Å². The number of nitrogens with two attached hydrogens (primary N) is 1. The summed E-state index contributed by atoms with van der Waals surface area (Å²) in [6, 6.07) is -0.623. The highest BCUT2D eigenvalue weighted by atomic mass is 32.2. The predicted octanol–water partition coefficient (Wildman–Crippen LogP) is 0.133. The second-order valence-corrected chi connectivity index (χ2v) is 6.70. The van der Waals surface area contributed by atoms with Gasteiger partial charge in [-0.2, -0.15) is 0 Å². The number of hydrogen-bond acceptors (Lipinski definition) is 5. The minimum Gasteiger partial charge on any atom is -0.385 e. The molecule has 0 aliphatic heterocycles. The Morgan fingerprint density at radius 1 is 1.38 bits per heavy atom. The van der Waals surface area contributed by atoms with Crippen molar-refractivity contribution in [3.05, 3.63) is 0 Å². The number of carbonyl (C=O) groups excluding carboxylic acids is 1. The lowest BCUT2D eigenvalue weighted by atomic mass is 10.1. The van der Waals surface area contributed by atoms with Crippen molar-refractivity contribution in [1.82, 2.24) is 0 Å². The van der Waals surface area contributed by atoms with E-state index >= 15 is 0 Å². The lowest BCUT2D eigenvalue weighted by molar-refractivity contribution is -0.120. The molecule has 0 radical (unpaired) electrons. The van der Waals surface area contributed by atoms with Crippen molar-refractivity contribution in [2.75, 3.05) is 19.5 Å². The molecule has 0 spiro atoms. The van der Waals surface area contributed by atoms with Gasteiger partial charge < -0.3 is 10.5 Å². The van der Waals surface area contributed by atoms with Crippen LogP contribution in [0.1, 0.15) is 26.7 Å². The standard InChI is InChI=1S/C10H21NO4S/c1-8(2)16(13,14)7-5-10(12)9(11)4-6-15-3/h8-9H,4-7,11H2,1-3H3. The Balaban J connectivity index is 4.07. The average Bonchev–Trinajstić information content (AvgIpc) is 2.22. The van der Waals surface area contributed by atoms with Gasteiger partial charge in [0.25, 0.3) is 0 Å². The zero-order chi connectivity index (χ0) is 12.8. The van der Waals surface area contributed by atoms with Crippen LogP contribution >= 0.6 is 0 Å². The van der Waals surface area contributed by atoms with Gasteiger partial charge in [-0.25, -0.2) is 8.42 Å². The Hall–Kier alpha value is -0.460. The second-order valence-electron chi connectivity index (χ2n) is 4.02. The van der Waals surface area contributed by atoms with Crippen LogP contribution in [0.4, 0.5) is 0 Å². The summed E-state index contributed by atoms with van der Waals surface area (Å²) in [6.45, 7) is 3.61. The van der Waals surface area contributed by atoms with E-state index in [9.17, 15) is 13.2 Å². The Morgan fingerprint density at radius 2 is 1.94 bits per heavy atom. The number of Topliss-reactive ketones (excluding diaryl/α,β-unsaturated/α-hetero) is 1. The topological polar surface area (TPSA) is 86.5 Å². The van der Waals surface area contributed by atoms with Gasteiger partial charge in [-0.05, 0) is 20.3 Å². The number of methoxy groups -OCH3 is 1. The number of ketones is 1. The highest BCUT2D eigenvalue weighted by Gasteiger charge is 2.20. The van der Waals surface area contributed by atoms with Crippen LogP contribution in [0.25, 0.3) is 0 Å². The molecular formula is C10H21NO4S. The molecular weight excluding hydrogens is 230 g/mol. The van der Waals surface area contributed by atoms with Gasteiger partial charge in [-0.3, -0.25) is 4.79 Å². The maximum Gasteiger partial charge on any atom is 0.153 e. The molecule has 0 fully saturated rings. The van der Waals surface area contributed by atoms with Gasteiger partial charge >= 0.3 is 0 Å². The molecule has 0 saturated heterocycles. The Bertz CT molecular complexity index is 311. The summed E-state index contributed by atoms with van der Waals surface area (Å²) in [5.41, 5.74) is 5.58. The number of ether oxygens (including phenoxy) is 1. The fourth-order valence-electron chi connectivity index (χ4n) is 1.07. The van der Waals surface area contributed by atoms with Crippen molar-refractivity contribution in [2.45, 2.75) is 38.0 Å². The quantitative estimate of drug-likeness (QED) is 0.662. The molecule has 6 heteroatoms. The molecule has 2 N–H and O–H groups in total. The van der Waals surface area contributed by atoms with E-state index in [0.29, 0.717) is 13.0 Å². The maximum absolute atomic E-state index is 11.5. The highest BCUT2D eigenvalue weighted by molar-refractivity contribution is 7.91. The fraction of sp³-hybridized carbons (Fsp3) is 0.900. The normalized spacial score (nSPS) is 14.1. The minimum absolute atomic E-state index is 0.00854. The second kappa shape index (κ2) is 6.98. The average molecular weight is 251 g/mol. The van der Waals surface area contributed by atoms with Crippen LogP contribution in [-0.4, -0.2) is 45.0 Å². The van der Waals surface area contributed by atoms with E-state index in [1.165, 1.54) is 7.11 Å². The molecule has 0 amide bonds. The molecule has 1 atom stereocenters. The molecule has 0 bridgehead atoms. The Labute approximate surface area is 97.3 Å². The molecule has 96 valence electrons. The van der Waals surface area contributed by atoms with Crippen molar-refractivity contribution >= 4 is 15.6 Å². The van der Waals surface area contributed by atoms with E-state index in [2.05, 4.69) is 0 Å². The molecule has 0 aromatic rings. The van der Waals surface area contributed by atoms with Gasteiger partial charge in [0, 0.05) is 20.1 Å². The zero-order valence-corrected chi connectivity index (χ0v) is 10.9. The van der Waals surface area contributed by atoms with Gasteiger partial charge in [0.2, 0.25) is 0 Å². The molecule has 1 unspecified atom stereocenters. The first-order chi connectivity index (χ1) is 7.31. The van der Waals surface area contributed by atoms with E-state index in [0.717, 1.165) is 0 Å². The van der Waals surface area contributed by atoms with Gasteiger partial charge in [-0.1, -0.05) is 0 Å². The molecule has 0 heterocycles. The lowest BCUT2D eigenvalue weighted by Gasteiger charge is -2.11. The number of rotatable bonds is 8. The number of carbonyl (C=O) groups is 1. The van der Waals surface area contributed by atoms with Crippen LogP contribution in [0.3, 0.4) is 0 Å². The van der Waals surface area contributed by atoms with Crippen molar-refractivity contribution in [1.29, 1.82) is 0 Å². The molecule has 0 aromatic carbocycles. The van der Waals surface area contributed by atoms with E-state index in [1.807, 2.05) is 0 Å². The van der Waals surface area contributed by atoms with Crippen LogP contribution in [0, 0.1) is 0 Å². The van der Waals surface area contributed by atoms with Gasteiger partial charge in [0.1, 0.15) is 0 Å². The predicted molar refractivity (Wildman–Crippen MR) is 63.0 cm³/mol. The number of hydrogen-bond donors (Lipinski definition) is 1. The van der Waals surface area contributed by atoms with Crippen LogP contribution in [-0.2, 0) is 19.4 Å². The summed E-state index contributed by atoms with van der Waals surface area (Å²) in [5, 5.41) is -0.449. The summed E-state index contributed by atoms with van der Waals surface area (Å²) < 4.78 is 27.7. The monoisotopic (exact) mass is 251 g/mol. The van der Waals surface area contributed by atoms with E-state index in [-0.39, 0.29) is 18.0 Å². The minimum atomic E-state index is -3.15. The molecule has 5 nitrogen and oxygen atoms in total. The third kappa shape index (κ3) is 5.58. The lowest BCUT2D eigenvalue weighted by Crippen LogP contribution is -2.33. The van der Waals surface area contributed by atoms with E-state index < -0.39 is 21.1 Å². The van der Waals surface area contributed by atoms with Gasteiger partial charge in [0.05, 0.1) is 17.0 Å². The van der Waals surface area contributed by atoms with Crippen molar-refractivity contribution in [2.24, 2.45) is 5.73 Å². The summed E-state index contributed by atoms with van der Waals surface area (Å²) in [6.07, 6.45) is 0.419. The Morgan fingerprint density at radius 3 is 2.38 bits per heavy atom. The Kier molecular flexibility index (Phi) is 6.78. The third-order valence-corrected chi connectivity index (χ3v) is 4.61. The fourth-order valence-corrected chi connectivity index (χ4v) is 2.03. The summed E-state index contributed by atoms with van der Waals surface area (Å²) in [5.74, 6) is -0.342. The first-order valence-electron chi connectivity index (χ1n) is 5.30. The molecule has 0 aromatic heterocycles. The van der Waals surface area contributed by atoms with E-state index in [1.54, 1.807) is 13.8 Å². The van der Waals surface area contributed by atoms with Crippen molar-refractivity contribution in [3.63, 3.8) is 0 Å². The first kappa shape index (κ1) is 15.5. The van der Waals surface area contributed by atoms with Crippen LogP contribution in [0.15, 0.2) is 0 Å². The third-order valence-electron chi connectivity index (χ3n) is 2.40. The van der Waals surface area contributed by atoms with Crippen LogP contribution in [0.5, 0.6) is 0 Å². The zero-order valence-electron chi connectivity index (χ0n) is 10.1.